The van der Waals surface area contributed by atoms with Gasteiger partial charge in [-0.1, -0.05) is 0 Å². The van der Waals surface area contributed by atoms with Gasteiger partial charge in [0.15, 0.2) is 0 Å². The standard InChI is InChI=1S/C12H15N5O/c1-9-10(3-2-5-14-9)16-12(18)11-7-17(6-4-13)8-15-11/h2-3,5,7-8H,4,6,13H2,1H3,(H,16,18). The number of nitrogens with one attached hydrogen (secondary N) is 1. The number of anilines is 1. The fraction of sp³-hybridized carbons (Fsp3) is 0.250. The summed E-state index contributed by atoms with van der Waals surface area (Å²) in [7, 11) is 0. The van der Waals surface area contributed by atoms with Crippen molar-refractivity contribution in [2.75, 3.05) is 11.9 Å². The van der Waals surface area contributed by atoms with Crippen molar-refractivity contribution < 1.29 is 4.79 Å². The number of imidazole rings is 1. The molecule has 2 aromatic rings. The Morgan fingerprint density at radius 3 is 3.06 bits per heavy atom. The van der Waals surface area contributed by atoms with Crippen molar-refractivity contribution in [3.05, 3.63) is 42.2 Å². The maximum absolute atomic E-state index is 11.9. The highest BCUT2D eigenvalue weighted by molar-refractivity contribution is 6.02. The number of aryl methyl sites for hydroxylation is 1. The zero-order valence-electron chi connectivity index (χ0n) is 10.1. The molecular formula is C12H15N5O. The summed E-state index contributed by atoms with van der Waals surface area (Å²) in [4.78, 5) is 20.1. The second-order valence-corrected chi connectivity index (χ2v) is 3.88. The van der Waals surface area contributed by atoms with Gasteiger partial charge < -0.3 is 15.6 Å². The summed E-state index contributed by atoms with van der Waals surface area (Å²) in [5, 5.41) is 2.77. The third-order valence-electron chi connectivity index (χ3n) is 2.51. The molecule has 0 bridgehead atoms. The van der Waals surface area contributed by atoms with Crippen molar-refractivity contribution in [2.24, 2.45) is 5.73 Å². The van der Waals surface area contributed by atoms with Crippen LogP contribution in [0.25, 0.3) is 0 Å². The molecule has 0 aromatic carbocycles. The van der Waals surface area contributed by atoms with E-state index in [1.807, 2.05) is 6.92 Å². The summed E-state index contributed by atoms with van der Waals surface area (Å²) in [5.41, 5.74) is 7.26. The van der Waals surface area contributed by atoms with E-state index in [-0.39, 0.29) is 5.91 Å². The van der Waals surface area contributed by atoms with E-state index in [4.69, 9.17) is 5.73 Å². The van der Waals surface area contributed by atoms with Crippen molar-refractivity contribution in [3.8, 4) is 0 Å². The lowest BCUT2D eigenvalue weighted by molar-refractivity contribution is 0.102. The molecule has 0 spiro atoms. The number of pyridine rings is 1. The number of hydrogen-bond donors (Lipinski definition) is 2. The number of carbonyl (C=O) groups is 1. The molecule has 1 amide bonds. The van der Waals surface area contributed by atoms with Gasteiger partial charge in [0.05, 0.1) is 17.7 Å². The smallest absolute Gasteiger partial charge is 0.275 e. The van der Waals surface area contributed by atoms with Crippen LogP contribution >= 0.6 is 0 Å². The van der Waals surface area contributed by atoms with Crippen LogP contribution in [0.15, 0.2) is 30.9 Å². The zero-order valence-corrected chi connectivity index (χ0v) is 10.1. The predicted molar refractivity (Wildman–Crippen MR) is 68.2 cm³/mol. The highest BCUT2D eigenvalue weighted by atomic mass is 16.1. The fourth-order valence-corrected chi connectivity index (χ4v) is 1.55. The van der Waals surface area contributed by atoms with E-state index < -0.39 is 0 Å². The number of amides is 1. The first-order valence-corrected chi connectivity index (χ1v) is 5.65. The van der Waals surface area contributed by atoms with Gasteiger partial charge in [-0.3, -0.25) is 9.78 Å². The molecule has 0 fully saturated rings. The Morgan fingerprint density at radius 1 is 1.50 bits per heavy atom. The molecule has 0 saturated heterocycles. The number of hydrogen-bond acceptors (Lipinski definition) is 4. The van der Waals surface area contributed by atoms with Crippen LogP contribution < -0.4 is 11.1 Å². The van der Waals surface area contributed by atoms with E-state index in [0.717, 1.165) is 5.69 Å². The van der Waals surface area contributed by atoms with Crippen molar-refractivity contribution in [3.63, 3.8) is 0 Å². The normalized spacial score (nSPS) is 10.3. The van der Waals surface area contributed by atoms with Crippen molar-refractivity contribution in [2.45, 2.75) is 13.5 Å². The van der Waals surface area contributed by atoms with E-state index >= 15 is 0 Å². The second-order valence-electron chi connectivity index (χ2n) is 3.88. The van der Waals surface area contributed by atoms with Gasteiger partial charge in [0, 0.05) is 25.5 Å². The van der Waals surface area contributed by atoms with E-state index in [0.29, 0.717) is 24.5 Å². The number of nitrogens with two attached hydrogens (primary N) is 1. The predicted octanol–water partition coefficient (Wildman–Crippen LogP) is 0.798. The fourth-order valence-electron chi connectivity index (χ4n) is 1.55. The van der Waals surface area contributed by atoms with Crippen LogP contribution in [0, 0.1) is 6.92 Å². The molecule has 6 heteroatoms. The molecular weight excluding hydrogens is 230 g/mol. The molecule has 0 atom stereocenters. The zero-order chi connectivity index (χ0) is 13.0. The van der Waals surface area contributed by atoms with Gasteiger partial charge in [0.1, 0.15) is 5.69 Å². The van der Waals surface area contributed by atoms with Gasteiger partial charge in [-0.2, -0.15) is 0 Å². The summed E-state index contributed by atoms with van der Waals surface area (Å²) < 4.78 is 1.78. The van der Waals surface area contributed by atoms with Gasteiger partial charge in [-0.25, -0.2) is 4.98 Å². The Bertz CT molecular complexity index is 549. The largest absolute Gasteiger partial charge is 0.335 e. The third-order valence-corrected chi connectivity index (χ3v) is 2.51. The average Bonchev–Trinajstić information content (AvgIpc) is 2.81. The molecule has 2 aromatic heterocycles. The van der Waals surface area contributed by atoms with Gasteiger partial charge in [0.2, 0.25) is 0 Å². The van der Waals surface area contributed by atoms with Gasteiger partial charge in [-0.05, 0) is 19.1 Å². The molecule has 0 aliphatic rings. The van der Waals surface area contributed by atoms with E-state index in [2.05, 4.69) is 15.3 Å². The Hall–Kier alpha value is -2.21. The second kappa shape index (κ2) is 5.42. The van der Waals surface area contributed by atoms with E-state index in [9.17, 15) is 4.79 Å². The van der Waals surface area contributed by atoms with Crippen LogP contribution in [0.1, 0.15) is 16.2 Å². The van der Waals surface area contributed by atoms with E-state index in [1.54, 1.807) is 35.4 Å². The molecule has 0 unspecified atom stereocenters. The molecule has 2 rings (SSSR count). The van der Waals surface area contributed by atoms with Crippen LogP contribution in [-0.2, 0) is 6.54 Å². The highest BCUT2D eigenvalue weighted by Gasteiger charge is 2.10. The molecule has 0 radical (unpaired) electrons. The quantitative estimate of drug-likeness (QED) is 0.834. The number of nitrogens with zero attached hydrogens (tertiary/aromatic N) is 3. The highest BCUT2D eigenvalue weighted by Crippen LogP contribution is 2.11. The minimum absolute atomic E-state index is 0.248. The third kappa shape index (κ3) is 2.72. The molecule has 18 heavy (non-hydrogen) atoms. The first kappa shape index (κ1) is 12.3. The van der Waals surface area contributed by atoms with Crippen LogP contribution in [0.3, 0.4) is 0 Å². The minimum Gasteiger partial charge on any atom is -0.335 e. The Balaban J connectivity index is 2.10. The molecule has 94 valence electrons. The first-order valence-electron chi connectivity index (χ1n) is 5.65. The molecule has 0 saturated carbocycles. The summed E-state index contributed by atoms with van der Waals surface area (Å²) >= 11 is 0. The van der Waals surface area contributed by atoms with E-state index in [1.165, 1.54) is 0 Å². The Morgan fingerprint density at radius 2 is 2.33 bits per heavy atom. The van der Waals surface area contributed by atoms with Crippen LogP contribution in [0.4, 0.5) is 5.69 Å². The maximum Gasteiger partial charge on any atom is 0.275 e. The molecule has 6 nitrogen and oxygen atoms in total. The number of carbonyl (C=O) groups excluding carboxylic acids is 1. The summed E-state index contributed by atoms with van der Waals surface area (Å²) in [6, 6.07) is 3.58. The first-order chi connectivity index (χ1) is 8.70. The minimum atomic E-state index is -0.248. The van der Waals surface area contributed by atoms with Gasteiger partial charge in [-0.15, -0.1) is 0 Å². The summed E-state index contributed by atoms with van der Waals surface area (Å²) in [5.74, 6) is -0.248. The number of aromatic nitrogens is 3. The van der Waals surface area contributed by atoms with Crippen molar-refractivity contribution in [1.82, 2.24) is 14.5 Å². The molecule has 2 heterocycles. The topological polar surface area (TPSA) is 85.8 Å². The molecule has 3 N–H and O–H groups in total. The number of rotatable bonds is 4. The van der Waals surface area contributed by atoms with Crippen molar-refractivity contribution in [1.29, 1.82) is 0 Å². The SMILES string of the molecule is Cc1ncccc1NC(=O)c1cn(CCN)cn1. The molecule has 0 aliphatic carbocycles. The van der Waals surface area contributed by atoms with Crippen molar-refractivity contribution >= 4 is 11.6 Å². The van der Waals surface area contributed by atoms with Gasteiger partial charge >= 0.3 is 0 Å². The Labute approximate surface area is 105 Å². The summed E-state index contributed by atoms with van der Waals surface area (Å²) in [6.07, 6.45) is 4.95. The lowest BCUT2D eigenvalue weighted by Gasteiger charge is -2.05. The van der Waals surface area contributed by atoms with Crippen LogP contribution in [0.5, 0.6) is 0 Å². The van der Waals surface area contributed by atoms with Crippen LogP contribution in [-0.4, -0.2) is 27.0 Å². The van der Waals surface area contributed by atoms with Gasteiger partial charge in [0.25, 0.3) is 5.91 Å². The maximum atomic E-state index is 11.9. The lowest BCUT2D eigenvalue weighted by atomic mass is 10.3. The average molecular weight is 245 g/mol. The monoisotopic (exact) mass is 245 g/mol. The lowest BCUT2D eigenvalue weighted by Crippen LogP contribution is -2.14. The Kier molecular flexibility index (Phi) is 3.69. The van der Waals surface area contributed by atoms with Crippen LogP contribution in [0.2, 0.25) is 0 Å². The molecule has 0 aliphatic heterocycles. The summed E-state index contributed by atoms with van der Waals surface area (Å²) in [6.45, 7) is 2.99.